The van der Waals surface area contributed by atoms with Crippen LogP contribution >= 0.6 is 0 Å². The van der Waals surface area contributed by atoms with E-state index in [1.165, 1.54) is 12.4 Å². The molecule has 2 heterocycles. The first-order chi connectivity index (χ1) is 15.5. The largest absolute Gasteiger partial charge is 0.384 e. The van der Waals surface area contributed by atoms with Crippen LogP contribution in [0.2, 0.25) is 0 Å². The molecule has 0 aliphatic carbocycles. The number of nitrogens with one attached hydrogen (secondary N) is 2. The smallest absolute Gasteiger partial charge is 0.255 e. The van der Waals surface area contributed by atoms with Crippen LogP contribution in [-0.4, -0.2) is 20.9 Å². The fourth-order valence-electron chi connectivity index (χ4n) is 3.19. The quantitative estimate of drug-likeness (QED) is 0.404. The second-order valence-electron chi connectivity index (χ2n) is 7.17. The summed E-state index contributed by atoms with van der Waals surface area (Å²) in [6.07, 6.45) is 3.08. The van der Waals surface area contributed by atoms with Crippen molar-refractivity contribution in [3.8, 4) is 11.3 Å². The predicted octanol–water partition coefficient (Wildman–Crippen LogP) is 4.89. The molecule has 4 N–H and O–H groups in total. The third kappa shape index (κ3) is 4.70. The Kier molecular flexibility index (Phi) is 6.03. The molecule has 0 unspecified atom stereocenters. The number of alkyl halides is 1. The molecule has 32 heavy (non-hydrogen) atoms. The number of hydrogen-bond donors (Lipinski definition) is 3. The molecule has 4 aromatic rings. The lowest BCUT2D eigenvalue weighted by Gasteiger charge is -2.14. The van der Waals surface area contributed by atoms with Gasteiger partial charge in [-0.25, -0.2) is 19.3 Å². The summed E-state index contributed by atoms with van der Waals surface area (Å²) in [6, 6.07) is 17.4. The van der Waals surface area contributed by atoms with Crippen LogP contribution in [0.1, 0.15) is 21.5 Å². The van der Waals surface area contributed by atoms with Crippen LogP contribution in [0, 0.1) is 6.92 Å². The van der Waals surface area contributed by atoms with Crippen molar-refractivity contribution in [3.63, 3.8) is 0 Å². The van der Waals surface area contributed by atoms with Gasteiger partial charge in [0, 0.05) is 34.8 Å². The maximum atomic E-state index is 12.9. The Morgan fingerprint density at radius 3 is 2.72 bits per heavy atom. The number of amides is 1. The van der Waals surface area contributed by atoms with Crippen molar-refractivity contribution in [1.82, 2.24) is 15.0 Å². The number of hydrogen-bond acceptors (Lipinski definition) is 6. The van der Waals surface area contributed by atoms with Crippen LogP contribution in [0.5, 0.6) is 0 Å². The molecule has 0 radical (unpaired) electrons. The molecule has 160 valence electrons. The van der Waals surface area contributed by atoms with E-state index < -0.39 is 6.67 Å². The molecule has 0 atom stereocenters. The Hall–Kier alpha value is -4.33. The normalized spacial score (nSPS) is 10.6. The van der Waals surface area contributed by atoms with Gasteiger partial charge in [0.05, 0.1) is 5.69 Å². The minimum atomic E-state index is -0.621. The Labute approximate surface area is 184 Å². The van der Waals surface area contributed by atoms with E-state index in [1.807, 2.05) is 37.3 Å². The van der Waals surface area contributed by atoms with Gasteiger partial charge in [0.15, 0.2) is 0 Å². The number of pyridine rings is 1. The summed E-state index contributed by atoms with van der Waals surface area (Å²) in [5, 5.41) is 6.17. The standard InChI is InChI=1S/C24H21FN6O/c1-15-7-8-18(30-24(32)17-5-2-4-16(10-17)13-25)11-20(15)31-23-19(6-3-9-27-23)21-12-22(26)29-14-28-21/h2-12,14H,13H2,1H3,(H,27,31)(H,30,32)(H2,26,28,29). The van der Waals surface area contributed by atoms with Gasteiger partial charge in [-0.1, -0.05) is 18.2 Å². The lowest BCUT2D eigenvalue weighted by Crippen LogP contribution is -2.12. The number of nitrogen functional groups attached to an aromatic ring is 1. The zero-order valence-electron chi connectivity index (χ0n) is 17.3. The minimum Gasteiger partial charge on any atom is -0.384 e. The van der Waals surface area contributed by atoms with Crippen LogP contribution in [0.3, 0.4) is 0 Å². The molecule has 2 aromatic heterocycles. The molecule has 0 bridgehead atoms. The van der Waals surface area contributed by atoms with E-state index >= 15 is 0 Å². The van der Waals surface area contributed by atoms with Crippen LogP contribution < -0.4 is 16.4 Å². The highest BCUT2D eigenvalue weighted by molar-refractivity contribution is 6.04. The van der Waals surface area contributed by atoms with Gasteiger partial charge in [-0.05, 0) is 54.4 Å². The van der Waals surface area contributed by atoms with Gasteiger partial charge in [0.2, 0.25) is 0 Å². The molecular formula is C24H21FN6O. The molecule has 0 aliphatic heterocycles. The van der Waals surface area contributed by atoms with Crippen molar-refractivity contribution < 1.29 is 9.18 Å². The predicted molar refractivity (Wildman–Crippen MR) is 123 cm³/mol. The van der Waals surface area contributed by atoms with Crippen LogP contribution in [0.15, 0.2) is 73.2 Å². The van der Waals surface area contributed by atoms with E-state index in [9.17, 15) is 9.18 Å². The van der Waals surface area contributed by atoms with Crippen molar-refractivity contribution >= 4 is 28.9 Å². The lowest BCUT2D eigenvalue weighted by molar-refractivity contribution is 0.102. The second-order valence-corrected chi connectivity index (χ2v) is 7.17. The number of halogens is 1. The van der Waals surface area contributed by atoms with Gasteiger partial charge in [-0.3, -0.25) is 4.79 Å². The summed E-state index contributed by atoms with van der Waals surface area (Å²) >= 11 is 0. The van der Waals surface area contributed by atoms with Gasteiger partial charge < -0.3 is 16.4 Å². The average Bonchev–Trinajstić information content (AvgIpc) is 2.81. The summed E-state index contributed by atoms with van der Waals surface area (Å²) < 4.78 is 12.9. The van der Waals surface area contributed by atoms with E-state index in [4.69, 9.17) is 5.73 Å². The van der Waals surface area contributed by atoms with Crippen molar-refractivity contribution in [3.05, 3.63) is 89.9 Å². The minimum absolute atomic E-state index is 0.315. The molecule has 2 aromatic carbocycles. The average molecular weight is 428 g/mol. The van der Waals surface area contributed by atoms with Gasteiger partial charge in [0.1, 0.15) is 24.6 Å². The first-order valence-corrected chi connectivity index (χ1v) is 9.90. The summed E-state index contributed by atoms with van der Waals surface area (Å²) in [4.78, 5) is 25.3. The Balaban J connectivity index is 1.60. The number of aromatic nitrogens is 3. The Morgan fingerprint density at radius 1 is 1.03 bits per heavy atom. The molecule has 8 heteroatoms. The maximum Gasteiger partial charge on any atom is 0.255 e. The molecule has 0 saturated carbocycles. The van der Waals surface area contributed by atoms with Crippen molar-refractivity contribution in [2.24, 2.45) is 0 Å². The van der Waals surface area contributed by atoms with E-state index in [1.54, 1.807) is 30.5 Å². The third-order valence-corrected chi connectivity index (χ3v) is 4.86. The van der Waals surface area contributed by atoms with Gasteiger partial charge >= 0.3 is 0 Å². The number of benzene rings is 2. The van der Waals surface area contributed by atoms with Crippen molar-refractivity contribution in [1.29, 1.82) is 0 Å². The number of nitrogens with zero attached hydrogens (tertiary/aromatic N) is 3. The monoisotopic (exact) mass is 428 g/mol. The summed E-state index contributed by atoms with van der Waals surface area (Å²) in [7, 11) is 0. The highest BCUT2D eigenvalue weighted by atomic mass is 19.1. The van der Waals surface area contributed by atoms with Crippen molar-refractivity contribution in [2.75, 3.05) is 16.4 Å². The summed E-state index contributed by atoms with van der Waals surface area (Å²) in [5.41, 5.74) is 10.4. The number of carbonyl (C=O) groups is 1. The van der Waals surface area contributed by atoms with Crippen LogP contribution in [0.4, 0.5) is 27.4 Å². The van der Waals surface area contributed by atoms with E-state index in [-0.39, 0.29) is 5.91 Å². The van der Waals surface area contributed by atoms with Gasteiger partial charge in [-0.15, -0.1) is 0 Å². The van der Waals surface area contributed by atoms with E-state index in [2.05, 4.69) is 25.6 Å². The zero-order valence-corrected chi connectivity index (χ0v) is 17.3. The summed E-state index contributed by atoms with van der Waals surface area (Å²) in [6.45, 7) is 1.33. The number of rotatable bonds is 6. The molecule has 0 fully saturated rings. The topological polar surface area (TPSA) is 106 Å². The van der Waals surface area contributed by atoms with Gasteiger partial charge in [-0.2, -0.15) is 0 Å². The van der Waals surface area contributed by atoms with Crippen LogP contribution in [-0.2, 0) is 6.67 Å². The highest BCUT2D eigenvalue weighted by Gasteiger charge is 2.12. The SMILES string of the molecule is Cc1ccc(NC(=O)c2cccc(CF)c2)cc1Nc1ncccc1-c1cc(N)ncn1. The highest BCUT2D eigenvalue weighted by Crippen LogP contribution is 2.30. The number of anilines is 4. The lowest BCUT2D eigenvalue weighted by atomic mass is 10.1. The van der Waals surface area contributed by atoms with E-state index in [0.29, 0.717) is 34.1 Å². The summed E-state index contributed by atoms with van der Waals surface area (Å²) in [5.74, 6) is 0.639. The first-order valence-electron chi connectivity index (χ1n) is 9.90. The Bertz CT molecular complexity index is 1280. The first kappa shape index (κ1) is 20.9. The number of carbonyl (C=O) groups excluding carboxylic acids is 1. The maximum absolute atomic E-state index is 12.9. The van der Waals surface area contributed by atoms with E-state index in [0.717, 1.165) is 16.8 Å². The molecular weight excluding hydrogens is 407 g/mol. The fourth-order valence-corrected chi connectivity index (χ4v) is 3.19. The number of nitrogens with two attached hydrogens (primary N) is 1. The molecule has 0 aliphatic rings. The van der Waals surface area contributed by atoms with Gasteiger partial charge in [0.25, 0.3) is 5.91 Å². The second kappa shape index (κ2) is 9.22. The van der Waals surface area contributed by atoms with Crippen molar-refractivity contribution in [2.45, 2.75) is 13.6 Å². The molecule has 0 spiro atoms. The zero-order chi connectivity index (χ0) is 22.5. The molecule has 7 nitrogen and oxygen atoms in total. The molecule has 1 amide bonds. The Morgan fingerprint density at radius 2 is 1.91 bits per heavy atom. The fraction of sp³-hybridized carbons (Fsp3) is 0.0833. The van der Waals surface area contributed by atoms with Crippen LogP contribution in [0.25, 0.3) is 11.3 Å². The molecule has 0 saturated heterocycles. The number of aryl methyl sites for hydroxylation is 1. The molecule has 4 rings (SSSR count). The third-order valence-electron chi connectivity index (χ3n) is 4.86.